The van der Waals surface area contributed by atoms with Gasteiger partial charge in [-0.2, -0.15) is 0 Å². The Balaban J connectivity index is 2.50. The third-order valence-corrected chi connectivity index (χ3v) is 1.73. The average molecular weight is 156 g/mol. The van der Waals surface area contributed by atoms with Crippen LogP contribution in [0.2, 0.25) is 0 Å². The first-order chi connectivity index (χ1) is 5.11. The minimum atomic E-state index is -0.280. The molecule has 0 saturated carbocycles. The number of nitrogens with one attached hydrogen (secondary N) is 1. The van der Waals surface area contributed by atoms with Gasteiger partial charge < -0.3 is 10.2 Å². The van der Waals surface area contributed by atoms with Crippen molar-refractivity contribution in [2.75, 3.05) is 14.1 Å². The molecular weight excluding hydrogens is 144 g/mol. The summed E-state index contributed by atoms with van der Waals surface area (Å²) in [7, 11) is 3.37. The molecule has 1 atom stereocenters. The first-order valence-electron chi connectivity index (χ1n) is 3.62. The zero-order valence-electron chi connectivity index (χ0n) is 6.76. The summed E-state index contributed by atoms with van der Waals surface area (Å²) in [4.78, 5) is 23.4. The van der Waals surface area contributed by atoms with Crippen LogP contribution in [0.5, 0.6) is 0 Å². The number of amides is 2. The minimum absolute atomic E-state index is 0.0177. The van der Waals surface area contributed by atoms with Crippen LogP contribution in [0.3, 0.4) is 0 Å². The lowest BCUT2D eigenvalue weighted by atomic mass is 10.2. The average Bonchev–Trinajstić information content (AvgIpc) is 2.34. The molecule has 0 unspecified atom stereocenters. The Labute approximate surface area is 65.6 Å². The quantitative estimate of drug-likeness (QED) is 0.548. The van der Waals surface area contributed by atoms with E-state index in [2.05, 4.69) is 5.32 Å². The molecule has 1 rings (SSSR count). The van der Waals surface area contributed by atoms with E-state index in [0.717, 1.165) is 0 Å². The molecule has 4 nitrogen and oxygen atoms in total. The standard InChI is InChI=1S/C7H12N2O2/c1-9(2)7(11)5-3-4-6(10)8-5/h5H,3-4H2,1-2H3,(H,8,10)/t5-/m0/s1. The maximum absolute atomic E-state index is 11.2. The van der Waals surface area contributed by atoms with Crippen LogP contribution in [0.1, 0.15) is 12.8 Å². The summed E-state index contributed by atoms with van der Waals surface area (Å²) in [5.41, 5.74) is 0. The summed E-state index contributed by atoms with van der Waals surface area (Å²) in [5, 5.41) is 2.60. The molecule has 1 fully saturated rings. The molecular formula is C7H12N2O2. The van der Waals surface area contributed by atoms with E-state index in [4.69, 9.17) is 0 Å². The van der Waals surface area contributed by atoms with E-state index in [1.54, 1.807) is 14.1 Å². The highest BCUT2D eigenvalue weighted by Crippen LogP contribution is 2.07. The van der Waals surface area contributed by atoms with Crippen molar-refractivity contribution in [2.24, 2.45) is 0 Å². The van der Waals surface area contributed by atoms with E-state index in [9.17, 15) is 9.59 Å². The van der Waals surface area contributed by atoms with Crippen molar-refractivity contribution >= 4 is 11.8 Å². The van der Waals surface area contributed by atoms with Crippen molar-refractivity contribution in [1.82, 2.24) is 10.2 Å². The Morgan fingerprint density at radius 3 is 2.64 bits per heavy atom. The molecule has 1 aliphatic rings. The zero-order chi connectivity index (χ0) is 8.43. The molecule has 1 saturated heterocycles. The van der Waals surface area contributed by atoms with E-state index < -0.39 is 0 Å². The predicted octanol–water partition coefficient (Wildman–Crippen LogP) is -0.647. The van der Waals surface area contributed by atoms with Crippen LogP contribution in [-0.4, -0.2) is 36.9 Å². The Bertz CT molecular complexity index is 189. The number of carbonyl (C=O) groups is 2. The van der Waals surface area contributed by atoms with Crippen molar-refractivity contribution in [3.8, 4) is 0 Å². The largest absolute Gasteiger partial charge is 0.347 e. The second kappa shape index (κ2) is 2.90. The van der Waals surface area contributed by atoms with Gasteiger partial charge in [-0.15, -0.1) is 0 Å². The van der Waals surface area contributed by atoms with Gasteiger partial charge in [-0.3, -0.25) is 9.59 Å². The monoisotopic (exact) mass is 156 g/mol. The molecule has 0 aromatic carbocycles. The van der Waals surface area contributed by atoms with Gasteiger partial charge in [0.25, 0.3) is 0 Å². The molecule has 0 radical (unpaired) electrons. The van der Waals surface area contributed by atoms with Gasteiger partial charge in [-0.05, 0) is 6.42 Å². The molecule has 11 heavy (non-hydrogen) atoms. The summed E-state index contributed by atoms with van der Waals surface area (Å²) >= 11 is 0. The molecule has 0 aromatic rings. The van der Waals surface area contributed by atoms with E-state index >= 15 is 0 Å². The predicted molar refractivity (Wildman–Crippen MR) is 39.9 cm³/mol. The van der Waals surface area contributed by atoms with Crippen LogP contribution in [0.4, 0.5) is 0 Å². The third kappa shape index (κ3) is 1.69. The number of nitrogens with zero attached hydrogens (tertiary/aromatic N) is 1. The third-order valence-electron chi connectivity index (χ3n) is 1.73. The van der Waals surface area contributed by atoms with Crippen LogP contribution in [-0.2, 0) is 9.59 Å². The smallest absolute Gasteiger partial charge is 0.244 e. The van der Waals surface area contributed by atoms with Crippen molar-refractivity contribution in [3.05, 3.63) is 0 Å². The van der Waals surface area contributed by atoms with Gasteiger partial charge in [0.1, 0.15) is 6.04 Å². The first kappa shape index (κ1) is 8.04. The molecule has 1 N–H and O–H groups in total. The van der Waals surface area contributed by atoms with Crippen molar-refractivity contribution in [3.63, 3.8) is 0 Å². The van der Waals surface area contributed by atoms with E-state index in [0.29, 0.717) is 12.8 Å². The van der Waals surface area contributed by atoms with Gasteiger partial charge in [0.2, 0.25) is 11.8 Å². The summed E-state index contributed by atoms with van der Waals surface area (Å²) in [6.07, 6.45) is 1.11. The molecule has 1 aliphatic heterocycles. The Kier molecular flexibility index (Phi) is 2.12. The summed E-state index contributed by atoms with van der Waals surface area (Å²) < 4.78 is 0. The molecule has 62 valence electrons. The van der Waals surface area contributed by atoms with Crippen molar-refractivity contribution in [1.29, 1.82) is 0 Å². The minimum Gasteiger partial charge on any atom is -0.347 e. The number of carbonyl (C=O) groups excluding carboxylic acids is 2. The normalized spacial score (nSPS) is 23.1. The summed E-state index contributed by atoms with van der Waals surface area (Å²) in [6, 6.07) is -0.280. The highest BCUT2D eigenvalue weighted by molar-refractivity contribution is 5.90. The second-order valence-electron chi connectivity index (χ2n) is 2.89. The fourth-order valence-electron chi connectivity index (χ4n) is 1.11. The number of hydrogen-bond donors (Lipinski definition) is 1. The lowest BCUT2D eigenvalue weighted by Crippen LogP contribution is -2.40. The van der Waals surface area contributed by atoms with Crippen LogP contribution in [0, 0.1) is 0 Å². The number of hydrogen-bond acceptors (Lipinski definition) is 2. The first-order valence-corrected chi connectivity index (χ1v) is 3.62. The molecule has 0 aliphatic carbocycles. The Hall–Kier alpha value is -1.06. The van der Waals surface area contributed by atoms with Crippen LogP contribution in [0.25, 0.3) is 0 Å². The van der Waals surface area contributed by atoms with E-state index in [1.807, 2.05) is 0 Å². The topological polar surface area (TPSA) is 49.4 Å². The fraction of sp³-hybridized carbons (Fsp3) is 0.714. The molecule has 2 amide bonds. The van der Waals surface area contributed by atoms with Gasteiger partial charge in [-0.1, -0.05) is 0 Å². The highest BCUT2D eigenvalue weighted by Gasteiger charge is 2.27. The summed E-state index contributed by atoms with van der Waals surface area (Å²) in [5.74, 6) is -0.0407. The molecule has 0 spiro atoms. The van der Waals surface area contributed by atoms with Crippen molar-refractivity contribution < 1.29 is 9.59 Å². The van der Waals surface area contributed by atoms with E-state index in [1.165, 1.54) is 4.90 Å². The Morgan fingerprint density at radius 2 is 2.27 bits per heavy atom. The molecule has 0 bridgehead atoms. The van der Waals surface area contributed by atoms with Gasteiger partial charge in [0.15, 0.2) is 0 Å². The molecule has 0 aromatic heterocycles. The highest BCUT2D eigenvalue weighted by atomic mass is 16.2. The maximum Gasteiger partial charge on any atom is 0.244 e. The van der Waals surface area contributed by atoms with Gasteiger partial charge in [-0.25, -0.2) is 0 Å². The van der Waals surface area contributed by atoms with Crippen molar-refractivity contribution in [2.45, 2.75) is 18.9 Å². The molecule has 1 heterocycles. The Morgan fingerprint density at radius 1 is 1.64 bits per heavy atom. The maximum atomic E-state index is 11.2. The van der Waals surface area contributed by atoms with Crippen LogP contribution in [0.15, 0.2) is 0 Å². The number of rotatable bonds is 1. The summed E-state index contributed by atoms with van der Waals surface area (Å²) in [6.45, 7) is 0. The second-order valence-corrected chi connectivity index (χ2v) is 2.89. The number of likely N-dealkylation sites (N-methyl/N-ethyl adjacent to an activating group) is 1. The lowest BCUT2D eigenvalue weighted by molar-refractivity contribution is -0.132. The van der Waals surface area contributed by atoms with Gasteiger partial charge >= 0.3 is 0 Å². The SMILES string of the molecule is CN(C)C(=O)[C@@H]1CCC(=O)N1. The molecule has 4 heteroatoms. The van der Waals surface area contributed by atoms with Crippen LogP contribution >= 0.6 is 0 Å². The van der Waals surface area contributed by atoms with E-state index in [-0.39, 0.29) is 17.9 Å². The fourth-order valence-corrected chi connectivity index (χ4v) is 1.11. The van der Waals surface area contributed by atoms with Gasteiger partial charge in [0, 0.05) is 20.5 Å². The van der Waals surface area contributed by atoms with Gasteiger partial charge in [0.05, 0.1) is 0 Å². The zero-order valence-corrected chi connectivity index (χ0v) is 6.76. The van der Waals surface area contributed by atoms with Crippen LogP contribution < -0.4 is 5.32 Å². The lowest BCUT2D eigenvalue weighted by Gasteiger charge is -2.15.